The summed E-state index contributed by atoms with van der Waals surface area (Å²) in [6, 6.07) is 11.7. The Bertz CT molecular complexity index is 1280. The predicted octanol–water partition coefficient (Wildman–Crippen LogP) is 3.63. The van der Waals surface area contributed by atoms with Crippen molar-refractivity contribution in [3.63, 3.8) is 0 Å². The third-order valence-corrected chi connectivity index (χ3v) is 6.74. The molecule has 1 aromatic carbocycles. The number of hydrogen-bond donors (Lipinski definition) is 0. The van der Waals surface area contributed by atoms with Crippen LogP contribution in [0.2, 0.25) is 0 Å². The average molecular weight is 445 g/mol. The molecule has 1 aliphatic rings. The first-order chi connectivity index (χ1) is 15.5. The van der Waals surface area contributed by atoms with Gasteiger partial charge in [0.15, 0.2) is 5.78 Å². The molecule has 0 saturated carbocycles. The number of benzene rings is 1. The van der Waals surface area contributed by atoms with Gasteiger partial charge >= 0.3 is 0 Å². The van der Waals surface area contributed by atoms with Crippen LogP contribution in [0.1, 0.15) is 21.1 Å². The fourth-order valence-electron chi connectivity index (χ4n) is 3.89. The zero-order chi connectivity index (χ0) is 22.1. The van der Waals surface area contributed by atoms with Crippen LogP contribution in [-0.2, 0) is 6.42 Å². The molecule has 1 saturated heterocycles. The molecule has 3 aromatic heterocycles. The number of nitrogens with zero attached hydrogens (tertiary/aromatic N) is 6. The van der Waals surface area contributed by atoms with Crippen molar-refractivity contribution in [2.75, 3.05) is 38.1 Å². The van der Waals surface area contributed by atoms with Gasteiger partial charge in [-0.25, -0.2) is 9.97 Å². The highest BCUT2D eigenvalue weighted by Crippen LogP contribution is 2.28. The molecule has 0 unspecified atom stereocenters. The third-order valence-electron chi connectivity index (χ3n) is 5.78. The van der Waals surface area contributed by atoms with Crippen LogP contribution in [0.5, 0.6) is 0 Å². The molecule has 0 amide bonds. The number of thiazole rings is 1. The summed E-state index contributed by atoms with van der Waals surface area (Å²) in [6.07, 6.45) is 3.82. The minimum atomic E-state index is 0.0191. The molecule has 0 radical (unpaired) electrons. The second-order valence-electron chi connectivity index (χ2n) is 8.15. The molecular formula is C24H24N6OS. The van der Waals surface area contributed by atoms with Gasteiger partial charge in [-0.15, -0.1) is 11.3 Å². The van der Waals surface area contributed by atoms with Gasteiger partial charge in [0, 0.05) is 49.5 Å². The molecule has 1 fully saturated rings. The van der Waals surface area contributed by atoms with E-state index in [4.69, 9.17) is 0 Å². The van der Waals surface area contributed by atoms with Crippen molar-refractivity contribution in [1.29, 1.82) is 0 Å². The number of carbonyl (C=O) groups is 1. The van der Waals surface area contributed by atoms with Crippen LogP contribution in [0.4, 0.5) is 5.82 Å². The summed E-state index contributed by atoms with van der Waals surface area (Å²) >= 11 is 1.66. The van der Waals surface area contributed by atoms with Crippen molar-refractivity contribution in [1.82, 2.24) is 25.1 Å². The van der Waals surface area contributed by atoms with Crippen LogP contribution in [0.15, 0.2) is 48.8 Å². The Morgan fingerprint density at radius 1 is 1.03 bits per heavy atom. The zero-order valence-corrected chi connectivity index (χ0v) is 19.0. The van der Waals surface area contributed by atoms with E-state index in [9.17, 15) is 4.79 Å². The highest BCUT2D eigenvalue weighted by Gasteiger charge is 2.17. The summed E-state index contributed by atoms with van der Waals surface area (Å²) in [5.41, 5.74) is 3.23. The molecular weight excluding hydrogens is 420 g/mol. The van der Waals surface area contributed by atoms with E-state index in [1.54, 1.807) is 23.6 Å². The van der Waals surface area contributed by atoms with E-state index in [1.807, 2.05) is 37.4 Å². The van der Waals surface area contributed by atoms with Crippen LogP contribution in [0.25, 0.3) is 21.3 Å². The van der Waals surface area contributed by atoms with Crippen molar-refractivity contribution in [2.24, 2.45) is 0 Å². The number of ketones is 1. The van der Waals surface area contributed by atoms with E-state index < -0.39 is 0 Å². The second kappa shape index (κ2) is 8.72. The number of anilines is 1. The van der Waals surface area contributed by atoms with E-state index in [2.05, 4.69) is 43.1 Å². The Kier molecular flexibility index (Phi) is 5.63. The van der Waals surface area contributed by atoms with Crippen LogP contribution >= 0.6 is 11.3 Å². The van der Waals surface area contributed by atoms with Crippen LogP contribution in [0, 0.1) is 6.92 Å². The number of hydrogen-bond acceptors (Lipinski definition) is 8. The molecule has 0 spiro atoms. The Labute approximate surface area is 190 Å². The summed E-state index contributed by atoms with van der Waals surface area (Å²) in [4.78, 5) is 27.5. The monoisotopic (exact) mass is 444 g/mol. The average Bonchev–Trinajstić information content (AvgIpc) is 3.25. The van der Waals surface area contributed by atoms with Gasteiger partial charge in [-0.3, -0.25) is 4.79 Å². The van der Waals surface area contributed by atoms with Crippen molar-refractivity contribution in [2.45, 2.75) is 13.3 Å². The highest BCUT2D eigenvalue weighted by molar-refractivity contribution is 7.15. The normalized spacial score (nSPS) is 14.8. The number of Topliss-reactive ketones (excluding diaryl/α,β-unsaturated/α-hetero) is 1. The first-order valence-electron chi connectivity index (χ1n) is 10.7. The Morgan fingerprint density at radius 2 is 1.88 bits per heavy atom. The molecule has 4 heterocycles. The molecule has 4 aromatic rings. The quantitative estimate of drug-likeness (QED) is 0.435. The van der Waals surface area contributed by atoms with Crippen LogP contribution in [-0.4, -0.2) is 64.1 Å². The largest absolute Gasteiger partial charge is 0.354 e. The van der Waals surface area contributed by atoms with Gasteiger partial charge < -0.3 is 9.80 Å². The van der Waals surface area contributed by atoms with E-state index in [0.29, 0.717) is 11.3 Å². The van der Waals surface area contributed by atoms with Crippen molar-refractivity contribution in [3.8, 4) is 10.4 Å². The Morgan fingerprint density at radius 3 is 2.66 bits per heavy atom. The first kappa shape index (κ1) is 20.7. The SMILES string of the molecule is Cc1ncc(-c2ccc3nnc(CC(=O)c4ccnc(N5CCN(C)CC5)c4)cc3c2)s1. The van der Waals surface area contributed by atoms with Gasteiger partial charge in [0.05, 0.1) is 27.5 Å². The first-order valence-corrected chi connectivity index (χ1v) is 11.5. The number of carbonyl (C=O) groups excluding carboxylic acids is 1. The molecule has 0 bridgehead atoms. The molecule has 32 heavy (non-hydrogen) atoms. The lowest BCUT2D eigenvalue weighted by Gasteiger charge is -2.33. The smallest absolute Gasteiger partial charge is 0.169 e. The van der Waals surface area contributed by atoms with E-state index >= 15 is 0 Å². The second-order valence-corrected chi connectivity index (χ2v) is 9.38. The molecule has 0 atom stereocenters. The van der Waals surface area contributed by atoms with E-state index in [1.165, 1.54) is 0 Å². The van der Waals surface area contributed by atoms with Gasteiger partial charge in [-0.1, -0.05) is 6.07 Å². The maximum atomic E-state index is 13.0. The van der Waals surface area contributed by atoms with Gasteiger partial charge in [0.2, 0.25) is 0 Å². The Hall–Kier alpha value is -3.23. The topological polar surface area (TPSA) is 75.1 Å². The van der Waals surface area contributed by atoms with Gasteiger partial charge in [-0.05, 0) is 49.9 Å². The van der Waals surface area contributed by atoms with Gasteiger partial charge in [0.1, 0.15) is 5.82 Å². The number of pyridine rings is 1. The number of likely N-dealkylation sites (N-methyl/N-ethyl adjacent to an activating group) is 1. The standard InChI is InChI=1S/C24H24N6OS/c1-16-26-15-23(32-16)18-3-4-21-19(11-18)12-20(27-28-21)14-22(31)17-5-6-25-24(13-17)30-9-7-29(2)8-10-30/h3-6,11-13,15H,7-10,14H2,1-2H3. The zero-order valence-electron chi connectivity index (χ0n) is 18.2. The molecule has 1 aliphatic heterocycles. The minimum Gasteiger partial charge on any atom is -0.354 e. The molecule has 162 valence electrons. The van der Waals surface area contributed by atoms with Gasteiger partial charge in [-0.2, -0.15) is 10.2 Å². The summed E-state index contributed by atoms with van der Waals surface area (Å²) in [5.74, 6) is 0.878. The summed E-state index contributed by atoms with van der Waals surface area (Å²) in [6.45, 7) is 5.82. The molecule has 0 aliphatic carbocycles. The van der Waals surface area contributed by atoms with Gasteiger partial charge in [0.25, 0.3) is 0 Å². The lowest BCUT2D eigenvalue weighted by molar-refractivity contribution is 0.0991. The van der Waals surface area contributed by atoms with E-state index in [0.717, 1.165) is 58.3 Å². The summed E-state index contributed by atoms with van der Waals surface area (Å²) in [7, 11) is 2.12. The van der Waals surface area contributed by atoms with Crippen LogP contribution < -0.4 is 4.90 Å². The van der Waals surface area contributed by atoms with Crippen molar-refractivity contribution < 1.29 is 4.79 Å². The molecule has 8 heteroatoms. The molecule has 7 nitrogen and oxygen atoms in total. The fourth-order valence-corrected chi connectivity index (χ4v) is 4.66. The number of piperazine rings is 1. The minimum absolute atomic E-state index is 0.0191. The number of rotatable bonds is 5. The maximum Gasteiger partial charge on any atom is 0.169 e. The Balaban J connectivity index is 1.36. The number of aromatic nitrogens is 4. The van der Waals surface area contributed by atoms with E-state index in [-0.39, 0.29) is 12.2 Å². The van der Waals surface area contributed by atoms with Crippen LogP contribution in [0.3, 0.4) is 0 Å². The molecule has 0 N–H and O–H groups in total. The molecule has 5 rings (SSSR count). The predicted molar refractivity (Wildman–Crippen MR) is 127 cm³/mol. The van der Waals surface area contributed by atoms with Crippen molar-refractivity contribution in [3.05, 3.63) is 65.1 Å². The number of fused-ring (bicyclic) bond motifs is 1. The lowest BCUT2D eigenvalue weighted by Crippen LogP contribution is -2.44. The summed E-state index contributed by atoms with van der Waals surface area (Å²) in [5, 5.41) is 10.6. The highest BCUT2D eigenvalue weighted by atomic mass is 32.1. The van der Waals surface area contributed by atoms with Crippen molar-refractivity contribution >= 4 is 33.8 Å². The lowest BCUT2D eigenvalue weighted by atomic mass is 10.1. The third kappa shape index (κ3) is 4.37. The summed E-state index contributed by atoms with van der Waals surface area (Å²) < 4.78 is 0. The number of aryl methyl sites for hydroxylation is 1. The fraction of sp³-hybridized carbons (Fsp3) is 0.292. The maximum absolute atomic E-state index is 13.0.